The van der Waals surface area contributed by atoms with Crippen LogP contribution in [0.3, 0.4) is 0 Å². The van der Waals surface area contributed by atoms with E-state index in [1.165, 1.54) is 5.56 Å². The number of nitrogens with one attached hydrogen (secondary N) is 2. The van der Waals surface area contributed by atoms with Gasteiger partial charge in [-0.1, -0.05) is 12.1 Å². The van der Waals surface area contributed by atoms with E-state index >= 15 is 0 Å². The van der Waals surface area contributed by atoms with Crippen molar-refractivity contribution in [2.75, 3.05) is 6.54 Å². The number of nitrogens with zero attached hydrogens (tertiary/aromatic N) is 3. The van der Waals surface area contributed by atoms with Gasteiger partial charge in [0.05, 0.1) is 18.8 Å². The van der Waals surface area contributed by atoms with E-state index in [-0.39, 0.29) is 6.10 Å². The van der Waals surface area contributed by atoms with Gasteiger partial charge in [0.1, 0.15) is 5.75 Å². The van der Waals surface area contributed by atoms with E-state index in [0.717, 1.165) is 29.4 Å². The van der Waals surface area contributed by atoms with E-state index in [1.54, 1.807) is 4.68 Å². The number of ether oxygens (including phenoxy) is 1. The fourth-order valence-electron chi connectivity index (χ4n) is 2.42. The molecule has 0 atom stereocenters. The van der Waals surface area contributed by atoms with Crippen LogP contribution in [0.25, 0.3) is 0 Å². The van der Waals surface area contributed by atoms with Crippen molar-refractivity contribution in [1.29, 1.82) is 0 Å². The summed E-state index contributed by atoms with van der Waals surface area (Å²) in [6.07, 6.45) is 3.96. The molecule has 0 radical (unpaired) electrons. The second kappa shape index (κ2) is 9.11. The summed E-state index contributed by atoms with van der Waals surface area (Å²) in [5.41, 5.74) is 3.39. The molecular formula is C19H29N5O. The number of aromatic nitrogens is 2. The number of rotatable bonds is 7. The molecule has 0 aliphatic carbocycles. The largest absolute Gasteiger partial charge is 0.491 e. The first-order valence-electron chi connectivity index (χ1n) is 8.73. The number of guanidine groups is 1. The highest BCUT2D eigenvalue weighted by molar-refractivity contribution is 5.79. The Kier molecular flexibility index (Phi) is 6.86. The lowest BCUT2D eigenvalue weighted by atomic mass is 10.1. The van der Waals surface area contributed by atoms with Crippen molar-refractivity contribution < 1.29 is 4.74 Å². The van der Waals surface area contributed by atoms with Crippen molar-refractivity contribution in [2.45, 2.75) is 46.9 Å². The molecule has 1 aromatic heterocycles. The smallest absolute Gasteiger partial charge is 0.191 e. The summed E-state index contributed by atoms with van der Waals surface area (Å²) in [5, 5.41) is 10.8. The zero-order valence-corrected chi connectivity index (χ0v) is 15.8. The van der Waals surface area contributed by atoms with E-state index in [2.05, 4.69) is 52.8 Å². The summed E-state index contributed by atoms with van der Waals surface area (Å²) in [6, 6.07) is 6.28. The third kappa shape index (κ3) is 6.14. The van der Waals surface area contributed by atoms with Gasteiger partial charge in [-0.15, -0.1) is 0 Å². The van der Waals surface area contributed by atoms with Gasteiger partial charge in [-0.25, -0.2) is 4.99 Å². The molecule has 0 aliphatic rings. The number of benzene rings is 1. The zero-order chi connectivity index (χ0) is 18.2. The van der Waals surface area contributed by atoms with Gasteiger partial charge in [-0.05, 0) is 39.3 Å². The van der Waals surface area contributed by atoms with Crippen molar-refractivity contribution in [3.63, 3.8) is 0 Å². The van der Waals surface area contributed by atoms with E-state index in [1.807, 2.05) is 33.3 Å². The molecule has 6 nitrogen and oxygen atoms in total. The molecule has 1 aromatic carbocycles. The fourth-order valence-corrected chi connectivity index (χ4v) is 2.42. The molecule has 2 rings (SSSR count). The number of hydrogen-bond donors (Lipinski definition) is 2. The van der Waals surface area contributed by atoms with E-state index in [9.17, 15) is 0 Å². The number of aliphatic imine (C=N–C) groups is 1. The Morgan fingerprint density at radius 1 is 1.32 bits per heavy atom. The normalized spacial score (nSPS) is 11.7. The summed E-state index contributed by atoms with van der Waals surface area (Å²) < 4.78 is 7.72. The van der Waals surface area contributed by atoms with Crippen molar-refractivity contribution >= 4 is 5.96 Å². The maximum Gasteiger partial charge on any atom is 0.191 e. The molecule has 2 aromatic rings. The van der Waals surface area contributed by atoms with Crippen LogP contribution in [0.2, 0.25) is 0 Å². The zero-order valence-electron chi connectivity index (χ0n) is 15.8. The van der Waals surface area contributed by atoms with Gasteiger partial charge in [0, 0.05) is 37.5 Å². The highest BCUT2D eigenvalue weighted by Gasteiger charge is 2.07. The van der Waals surface area contributed by atoms with Crippen molar-refractivity contribution in [3.05, 3.63) is 47.3 Å². The lowest BCUT2D eigenvalue weighted by Gasteiger charge is -2.17. The Labute approximate surface area is 150 Å². The van der Waals surface area contributed by atoms with Crippen molar-refractivity contribution in [2.24, 2.45) is 12.0 Å². The van der Waals surface area contributed by atoms with Gasteiger partial charge in [0.2, 0.25) is 0 Å². The lowest BCUT2D eigenvalue weighted by Crippen LogP contribution is -2.36. The summed E-state index contributed by atoms with van der Waals surface area (Å²) in [7, 11) is 1.91. The van der Waals surface area contributed by atoms with Crippen LogP contribution in [0.5, 0.6) is 5.75 Å². The minimum Gasteiger partial charge on any atom is -0.491 e. The van der Waals surface area contributed by atoms with Gasteiger partial charge < -0.3 is 15.4 Å². The molecule has 0 saturated carbocycles. The molecule has 6 heteroatoms. The molecular weight excluding hydrogens is 314 g/mol. The van der Waals surface area contributed by atoms with Crippen LogP contribution < -0.4 is 15.4 Å². The summed E-state index contributed by atoms with van der Waals surface area (Å²) in [6.45, 7) is 10.3. The molecule has 136 valence electrons. The fraction of sp³-hybridized carbons (Fsp3) is 0.474. The van der Waals surface area contributed by atoms with Gasteiger partial charge >= 0.3 is 0 Å². The average molecular weight is 343 g/mol. The van der Waals surface area contributed by atoms with Crippen LogP contribution in [0.15, 0.2) is 35.6 Å². The Hall–Kier alpha value is -2.50. The summed E-state index contributed by atoms with van der Waals surface area (Å²) in [5.74, 6) is 1.70. The Bertz CT molecular complexity index is 706. The molecule has 0 amide bonds. The Morgan fingerprint density at radius 3 is 2.76 bits per heavy atom. The first kappa shape index (κ1) is 18.8. The van der Waals surface area contributed by atoms with Crippen LogP contribution in [0.4, 0.5) is 0 Å². The standard InChI is InChI=1S/C19H29N5O/c1-6-20-19(21-10-16-11-23-24(5)13-16)22-12-17-8-7-15(4)9-18(17)25-14(2)3/h7-9,11,13-14H,6,10,12H2,1-5H3,(H2,20,21,22). The van der Waals surface area contributed by atoms with Crippen LogP contribution in [0, 0.1) is 6.92 Å². The van der Waals surface area contributed by atoms with E-state index in [0.29, 0.717) is 13.1 Å². The summed E-state index contributed by atoms with van der Waals surface area (Å²) >= 11 is 0. The van der Waals surface area contributed by atoms with Gasteiger partial charge in [-0.3, -0.25) is 4.68 Å². The second-order valence-corrected chi connectivity index (χ2v) is 6.35. The number of aryl methyl sites for hydroxylation is 2. The Balaban J connectivity index is 2.05. The first-order chi connectivity index (χ1) is 12.0. The van der Waals surface area contributed by atoms with Crippen LogP contribution >= 0.6 is 0 Å². The molecule has 0 bridgehead atoms. The predicted molar refractivity (Wildman–Crippen MR) is 102 cm³/mol. The van der Waals surface area contributed by atoms with Crippen molar-refractivity contribution in [3.8, 4) is 5.75 Å². The molecule has 0 saturated heterocycles. The third-order valence-corrected chi connectivity index (χ3v) is 3.55. The predicted octanol–water partition coefficient (Wildman–Crippen LogP) is 2.77. The average Bonchev–Trinajstić information content (AvgIpc) is 2.96. The van der Waals surface area contributed by atoms with Gasteiger partial charge in [0.25, 0.3) is 0 Å². The van der Waals surface area contributed by atoms with Gasteiger partial charge in [-0.2, -0.15) is 5.10 Å². The maximum atomic E-state index is 5.94. The van der Waals surface area contributed by atoms with Gasteiger partial charge in [0.15, 0.2) is 5.96 Å². The molecule has 0 aliphatic heterocycles. The lowest BCUT2D eigenvalue weighted by molar-refractivity contribution is 0.239. The van der Waals surface area contributed by atoms with Crippen LogP contribution in [-0.2, 0) is 20.1 Å². The molecule has 0 unspecified atom stereocenters. The Morgan fingerprint density at radius 2 is 2.12 bits per heavy atom. The second-order valence-electron chi connectivity index (χ2n) is 6.35. The molecule has 0 fully saturated rings. The SMILES string of the molecule is CCNC(=NCc1cnn(C)c1)NCc1ccc(C)cc1OC(C)C. The first-order valence-corrected chi connectivity index (χ1v) is 8.73. The molecule has 25 heavy (non-hydrogen) atoms. The molecule has 2 N–H and O–H groups in total. The topological polar surface area (TPSA) is 63.5 Å². The van der Waals surface area contributed by atoms with E-state index < -0.39 is 0 Å². The maximum absolute atomic E-state index is 5.94. The number of hydrogen-bond acceptors (Lipinski definition) is 3. The van der Waals surface area contributed by atoms with Crippen LogP contribution in [-0.4, -0.2) is 28.4 Å². The van der Waals surface area contributed by atoms with E-state index in [4.69, 9.17) is 4.74 Å². The highest BCUT2D eigenvalue weighted by atomic mass is 16.5. The monoisotopic (exact) mass is 343 g/mol. The van der Waals surface area contributed by atoms with Crippen molar-refractivity contribution in [1.82, 2.24) is 20.4 Å². The highest BCUT2D eigenvalue weighted by Crippen LogP contribution is 2.21. The third-order valence-electron chi connectivity index (χ3n) is 3.55. The quantitative estimate of drug-likeness (QED) is 0.599. The minimum absolute atomic E-state index is 0.146. The summed E-state index contributed by atoms with van der Waals surface area (Å²) in [4.78, 5) is 4.62. The molecule has 1 heterocycles. The van der Waals surface area contributed by atoms with Crippen LogP contribution in [0.1, 0.15) is 37.5 Å². The molecule has 0 spiro atoms. The minimum atomic E-state index is 0.146.